The second-order valence-electron chi connectivity index (χ2n) is 5.35. The lowest BCUT2D eigenvalue weighted by molar-refractivity contribution is -0.113. The van der Waals surface area contributed by atoms with Gasteiger partial charge in [0.25, 0.3) is 0 Å². The molecule has 0 aliphatic rings. The number of halogens is 1. The van der Waals surface area contributed by atoms with Crippen LogP contribution in [0.15, 0.2) is 46.2 Å². The normalized spacial score (nSPS) is 10.8. The summed E-state index contributed by atoms with van der Waals surface area (Å²) in [5.74, 6) is 0.567. The predicted octanol–water partition coefficient (Wildman–Crippen LogP) is 3.74. The van der Waals surface area contributed by atoms with Gasteiger partial charge in [0.2, 0.25) is 5.91 Å². The molecule has 2 heterocycles. The summed E-state index contributed by atoms with van der Waals surface area (Å²) in [7, 11) is 0. The first kappa shape index (κ1) is 17.2. The van der Waals surface area contributed by atoms with E-state index in [0.717, 1.165) is 5.56 Å². The molecule has 3 rings (SSSR count). The molecule has 130 valence electrons. The van der Waals surface area contributed by atoms with Crippen LogP contribution in [0.5, 0.6) is 0 Å². The van der Waals surface area contributed by atoms with E-state index >= 15 is 0 Å². The van der Waals surface area contributed by atoms with Crippen molar-refractivity contribution in [1.29, 1.82) is 0 Å². The molecule has 1 aromatic carbocycles. The van der Waals surface area contributed by atoms with Crippen LogP contribution in [0, 0.1) is 12.7 Å². The number of furan rings is 1. The quantitative estimate of drug-likeness (QED) is 0.678. The van der Waals surface area contributed by atoms with Crippen LogP contribution in [0.25, 0.3) is 11.6 Å². The van der Waals surface area contributed by atoms with Crippen molar-refractivity contribution in [3.05, 3.63) is 48.0 Å². The van der Waals surface area contributed by atoms with Gasteiger partial charge in [-0.1, -0.05) is 17.8 Å². The molecule has 6 nitrogen and oxygen atoms in total. The minimum absolute atomic E-state index is 0.101. The van der Waals surface area contributed by atoms with Crippen LogP contribution in [-0.2, 0) is 11.3 Å². The number of nitrogens with zero attached hydrogens (tertiary/aromatic N) is 3. The van der Waals surface area contributed by atoms with Gasteiger partial charge in [-0.15, -0.1) is 10.2 Å². The van der Waals surface area contributed by atoms with Crippen LogP contribution in [0.1, 0.15) is 12.5 Å². The van der Waals surface area contributed by atoms with Gasteiger partial charge in [-0.25, -0.2) is 4.39 Å². The Labute approximate surface area is 148 Å². The molecule has 0 fully saturated rings. The number of nitrogens with one attached hydrogen (secondary N) is 1. The average molecular weight is 360 g/mol. The molecule has 0 aliphatic carbocycles. The van der Waals surface area contributed by atoms with Gasteiger partial charge in [0.15, 0.2) is 16.7 Å². The van der Waals surface area contributed by atoms with E-state index in [0.29, 0.717) is 23.3 Å². The standard InChI is InChI=1S/C17H17FN4O2S/c1-3-22-16(14-5-4-8-24-14)20-21-17(22)25-10-15(23)19-13-9-11(2)6-7-12(13)18/h4-9H,3,10H2,1-2H3,(H,19,23). The molecule has 2 aromatic heterocycles. The number of amides is 1. The fourth-order valence-corrected chi connectivity index (χ4v) is 3.12. The molecule has 0 saturated heterocycles. The van der Waals surface area contributed by atoms with Crippen molar-refractivity contribution in [3.63, 3.8) is 0 Å². The van der Waals surface area contributed by atoms with Crippen molar-refractivity contribution in [1.82, 2.24) is 14.8 Å². The first-order chi connectivity index (χ1) is 12.1. The summed E-state index contributed by atoms with van der Waals surface area (Å²) in [5, 5.41) is 11.4. The molecule has 0 aliphatic heterocycles. The first-order valence-electron chi connectivity index (χ1n) is 7.74. The zero-order chi connectivity index (χ0) is 17.8. The number of carbonyl (C=O) groups is 1. The minimum atomic E-state index is -0.458. The Bertz CT molecular complexity index is 877. The maximum atomic E-state index is 13.7. The Hall–Kier alpha value is -2.61. The van der Waals surface area contributed by atoms with Crippen molar-refractivity contribution >= 4 is 23.4 Å². The molecule has 25 heavy (non-hydrogen) atoms. The van der Waals surface area contributed by atoms with Gasteiger partial charge in [-0.2, -0.15) is 0 Å². The summed E-state index contributed by atoms with van der Waals surface area (Å²) in [5.41, 5.74) is 1.05. The Morgan fingerprint density at radius 2 is 2.20 bits per heavy atom. The van der Waals surface area contributed by atoms with Gasteiger partial charge in [0, 0.05) is 6.54 Å². The number of hydrogen-bond donors (Lipinski definition) is 1. The zero-order valence-electron chi connectivity index (χ0n) is 13.8. The minimum Gasteiger partial charge on any atom is -0.461 e. The van der Waals surface area contributed by atoms with Crippen molar-refractivity contribution in [3.8, 4) is 11.6 Å². The van der Waals surface area contributed by atoms with Crippen molar-refractivity contribution in [2.24, 2.45) is 0 Å². The lowest BCUT2D eigenvalue weighted by Gasteiger charge is -2.08. The Balaban J connectivity index is 1.67. The third-order valence-electron chi connectivity index (χ3n) is 3.50. The smallest absolute Gasteiger partial charge is 0.234 e. The highest BCUT2D eigenvalue weighted by Gasteiger charge is 2.16. The van der Waals surface area contributed by atoms with Gasteiger partial charge >= 0.3 is 0 Å². The molecule has 0 spiro atoms. The molecule has 0 radical (unpaired) electrons. The summed E-state index contributed by atoms with van der Waals surface area (Å²) in [4.78, 5) is 12.1. The highest BCUT2D eigenvalue weighted by molar-refractivity contribution is 7.99. The Morgan fingerprint density at radius 1 is 1.36 bits per heavy atom. The SMILES string of the molecule is CCn1c(SCC(=O)Nc2cc(C)ccc2F)nnc1-c1ccco1. The summed E-state index contributed by atoms with van der Waals surface area (Å²) in [6, 6.07) is 8.17. The van der Waals surface area contributed by atoms with Crippen molar-refractivity contribution in [2.75, 3.05) is 11.1 Å². The fraction of sp³-hybridized carbons (Fsp3) is 0.235. The van der Waals surface area contributed by atoms with Crippen LogP contribution in [0.3, 0.4) is 0 Å². The number of anilines is 1. The molecule has 1 amide bonds. The number of hydrogen-bond acceptors (Lipinski definition) is 5. The largest absolute Gasteiger partial charge is 0.461 e. The van der Waals surface area contributed by atoms with Crippen LogP contribution >= 0.6 is 11.8 Å². The molecule has 0 unspecified atom stereocenters. The zero-order valence-corrected chi connectivity index (χ0v) is 14.6. The number of thioether (sulfide) groups is 1. The van der Waals surface area contributed by atoms with Crippen molar-refractivity contribution < 1.29 is 13.6 Å². The molecule has 0 atom stereocenters. The molecular weight excluding hydrogens is 343 g/mol. The number of rotatable bonds is 6. The van der Waals surface area contributed by atoms with Crippen LogP contribution < -0.4 is 5.32 Å². The molecule has 0 saturated carbocycles. The lowest BCUT2D eigenvalue weighted by atomic mass is 10.2. The summed E-state index contributed by atoms with van der Waals surface area (Å²) >= 11 is 1.24. The number of aryl methyl sites for hydroxylation is 1. The van der Waals surface area contributed by atoms with E-state index < -0.39 is 5.82 Å². The van der Waals surface area contributed by atoms with E-state index in [1.807, 2.05) is 18.4 Å². The van der Waals surface area contributed by atoms with Gasteiger partial charge in [-0.3, -0.25) is 9.36 Å². The second-order valence-corrected chi connectivity index (χ2v) is 6.29. The van der Waals surface area contributed by atoms with Gasteiger partial charge in [0.1, 0.15) is 5.82 Å². The van der Waals surface area contributed by atoms with Gasteiger partial charge in [0.05, 0.1) is 17.7 Å². The number of aromatic nitrogens is 3. The Kier molecular flexibility index (Phi) is 5.18. The van der Waals surface area contributed by atoms with E-state index in [2.05, 4.69) is 15.5 Å². The highest BCUT2D eigenvalue weighted by Crippen LogP contribution is 2.24. The maximum Gasteiger partial charge on any atom is 0.234 e. The van der Waals surface area contributed by atoms with Crippen LogP contribution in [0.2, 0.25) is 0 Å². The number of benzene rings is 1. The monoisotopic (exact) mass is 360 g/mol. The molecule has 8 heteroatoms. The third kappa shape index (κ3) is 3.90. The van der Waals surface area contributed by atoms with Crippen LogP contribution in [0.4, 0.5) is 10.1 Å². The van der Waals surface area contributed by atoms with E-state index in [9.17, 15) is 9.18 Å². The van der Waals surface area contributed by atoms with E-state index in [1.165, 1.54) is 17.8 Å². The summed E-state index contributed by atoms with van der Waals surface area (Å²) in [6.07, 6.45) is 1.57. The third-order valence-corrected chi connectivity index (χ3v) is 4.47. The maximum absolute atomic E-state index is 13.7. The topological polar surface area (TPSA) is 73.0 Å². The molecule has 0 bridgehead atoms. The summed E-state index contributed by atoms with van der Waals surface area (Å²) in [6.45, 7) is 4.44. The number of carbonyl (C=O) groups excluding carboxylic acids is 1. The van der Waals surface area contributed by atoms with Gasteiger partial charge < -0.3 is 9.73 Å². The van der Waals surface area contributed by atoms with Gasteiger partial charge in [-0.05, 0) is 43.7 Å². The van der Waals surface area contributed by atoms with E-state index in [1.54, 1.807) is 30.5 Å². The molecular formula is C17H17FN4O2S. The molecule has 1 N–H and O–H groups in total. The van der Waals surface area contributed by atoms with Crippen molar-refractivity contribution in [2.45, 2.75) is 25.5 Å². The van der Waals surface area contributed by atoms with E-state index in [-0.39, 0.29) is 17.3 Å². The van der Waals surface area contributed by atoms with E-state index in [4.69, 9.17) is 4.42 Å². The van der Waals surface area contributed by atoms with Crippen LogP contribution in [-0.4, -0.2) is 26.4 Å². The fourth-order valence-electron chi connectivity index (χ4n) is 2.32. The summed E-state index contributed by atoms with van der Waals surface area (Å²) < 4.78 is 20.9. The predicted molar refractivity (Wildman–Crippen MR) is 93.9 cm³/mol. The lowest BCUT2D eigenvalue weighted by Crippen LogP contribution is -2.15. The average Bonchev–Trinajstić information content (AvgIpc) is 3.24. The Morgan fingerprint density at radius 3 is 2.92 bits per heavy atom. The highest BCUT2D eigenvalue weighted by atomic mass is 32.2. The second kappa shape index (κ2) is 7.52. The molecule has 3 aromatic rings. The first-order valence-corrected chi connectivity index (χ1v) is 8.73.